The number of carbonyl (C=O) groups excluding carboxylic acids is 1. The highest BCUT2D eigenvalue weighted by Crippen LogP contribution is 2.26. The number of hydrogen-bond donors (Lipinski definition) is 0. The maximum Gasteiger partial charge on any atom is 0.205 e. The molecule has 0 aliphatic carbocycles. The molecule has 0 radical (unpaired) electrons. The SMILES string of the molecule is Cc1ccncc1C(=O)c1sccc1Br. The van der Waals surface area contributed by atoms with E-state index in [4.69, 9.17) is 0 Å². The minimum atomic E-state index is 0.0301. The summed E-state index contributed by atoms with van der Waals surface area (Å²) >= 11 is 4.79. The molecule has 2 aromatic rings. The Balaban J connectivity index is 2.46. The minimum absolute atomic E-state index is 0.0301. The molecule has 0 atom stereocenters. The van der Waals surface area contributed by atoms with E-state index in [1.54, 1.807) is 12.4 Å². The second-order valence-corrected chi connectivity index (χ2v) is 4.89. The molecular weight excluding hydrogens is 274 g/mol. The predicted molar refractivity (Wildman–Crippen MR) is 64.4 cm³/mol. The molecule has 2 heterocycles. The Morgan fingerprint density at radius 1 is 1.47 bits per heavy atom. The number of aryl methyl sites for hydroxylation is 1. The molecular formula is C11H8BrNOS. The zero-order valence-corrected chi connectivity index (χ0v) is 10.4. The fourth-order valence-corrected chi connectivity index (χ4v) is 2.79. The number of ketones is 1. The Morgan fingerprint density at radius 3 is 2.87 bits per heavy atom. The van der Waals surface area contributed by atoms with Crippen molar-refractivity contribution in [2.24, 2.45) is 0 Å². The molecule has 2 rings (SSSR count). The second kappa shape index (κ2) is 4.24. The van der Waals surface area contributed by atoms with E-state index in [1.165, 1.54) is 11.3 Å². The molecule has 0 fully saturated rings. The van der Waals surface area contributed by atoms with Crippen LogP contribution >= 0.6 is 27.3 Å². The van der Waals surface area contributed by atoms with Crippen molar-refractivity contribution in [2.45, 2.75) is 6.92 Å². The first-order chi connectivity index (χ1) is 7.20. The van der Waals surface area contributed by atoms with Gasteiger partial charge in [-0.2, -0.15) is 0 Å². The van der Waals surface area contributed by atoms with Crippen molar-refractivity contribution in [3.05, 3.63) is 50.4 Å². The van der Waals surface area contributed by atoms with Gasteiger partial charge in [0.25, 0.3) is 0 Å². The first-order valence-corrected chi connectivity index (χ1v) is 6.05. The van der Waals surface area contributed by atoms with Crippen LogP contribution in [0.1, 0.15) is 20.8 Å². The van der Waals surface area contributed by atoms with Crippen LogP contribution in [-0.2, 0) is 0 Å². The van der Waals surface area contributed by atoms with Gasteiger partial charge >= 0.3 is 0 Å². The molecule has 0 amide bonds. The maximum atomic E-state index is 12.1. The molecule has 0 spiro atoms. The molecule has 0 saturated heterocycles. The molecule has 15 heavy (non-hydrogen) atoms. The summed E-state index contributed by atoms with van der Waals surface area (Å²) in [4.78, 5) is 16.8. The molecule has 0 saturated carbocycles. The van der Waals surface area contributed by atoms with Gasteiger partial charge in [-0.05, 0) is 45.9 Å². The van der Waals surface area contributed by atoms with Crippen molar-refractivity contribution in [3.63, 3.8) is 0 Å². The lowest BCUT2D eigenvalue weighted by atomic mass is 10.1. The fraction of sp³-hybridized carbons (Fsp3) is 0.0909. The van der Waals surface area contributed by atoms with Crippen molar-refractivity contribution < 1.29 is 4.79 Å². The predicted octanol–water partition coefficient (Wildman–Crippen LogP) is 3.45. The number of pyridine rings is 1. The Hall–Kier alpha value is -1.00. The van der Waals surface area contributed by atoms with Crippen LogP contribution in [0.25, 0.3) is 0 Å². The van der Waals surface area contributed by atoms with Gasteiger partial charge in [-0.15, -0.1) is 11.3 Å². The van der Waals surface area contributed by atoms with E-state index in [1.807, 2.05) is 24.4 Å². The number of carbonyl (C=O) groups is 1. The van der Waals surface area contributed by atoms with E-state index in [0.717, 1.165) is 14.9 Å². The number of halogens is 1. The van der Waals surface area contributed by atoms with Gasteiger partial charge in [-0.25, -0.2) is 0 Å². The molecule has 4 heteroatoms. The standard InChI is InChI=1S/C11H8BrNOS/c1-7-2-4-13-6-8(7)10(14)11-9(12)3-5-15-11/h2-6H,1H3. The van der Waals surface area contributed by atoms with Crippen LogP contribution in [0.15, 0.2) is 34.4 Å². The van der Waals surface area contributed by atoms with E-state index >= 15 is 0 Å². The molecule has 2 nitrogen and oxygen atoms in total. The minimum Gasteiger partial charge on any atom is -0.288 e. The highest BCUT2D eigenvalue weighted by Gasteiger charge is 2.15. The Labute approximate surface area is 100 Å². The third-order valence-electron chi connectivity index (χ3n) is 2.11. The fourth-order valence-electron chi connectivity index (χ4n) is 1.28. The van der Waals surface area contributed by atoms with Gasteiger partial charge in [0.05, 0.1) is 4.88 Å². The number of hydrogen-bond acceptors (Lipinski definition) is 3. The van der Waals surface area contributed by atoms with Crippen LogP contribution in [-0.4, -0.2) is 10.8 Å². The van der Waals surface area contributed by atoms with Crippen molar-refractivity contribution in [2.75, 3.05) is 0 Å². The van der Waals surface area contributed by atoms with Gasteiger partial charge in [0, 0.05) is 22.4 Å². The number of nitrogens with zero attached hydrogens (tertiary/aromatic N) is 1. The highest BCUT2D eigenvalue weighted by atomic mass is 79.9. The molecule has 2 aromatic heterocycles. The van der Waals surface area contributed by atoms with E-state index in [2.05, 4.69) is 20.9 Å². The first-order valence-electron chi connectivity index (χ1n) is 4.38. The summed E-state index contributed by atoms with van der Waals surface area (Å²) in [6.45, 7) is 1.91. The number of aromatic nitrogens is 1. The van der Waals surface area contributed by atoms with Gasteiger partial charge < -0.3 is 0 Å². The second-order valence-electron chi connectivity index (χ2n) is 3.12. The van der Waals surface area contributed by atoms with Crippen molar-refractivity contribution in [3.8, 4) is 0 Å². The van der Waals surface area contributed by atoms with Gasteiger partial charge in [0.15, 0.2) is 0 Å². The van der Waals surface area contributed by atoms with Crippen molar-refractivity contribution in [1.82, 2.24) is 4.98 Å². The topological polar surface area (TPSA) is 30.0 Å². The third-order valence-corrected chi connectivity index (χ3v) is 3.94. The Kier molecular flexibility index (Phi) is 2.98. The first kappa shape index (κ1) is 10.5. The summed E-state index contributed by atoms with van der Waals surface area (Å²) in [7, 11) is 0. The molecule has 0 aliphatic rings. The lowest BCUT2D eigenvalue weighted by molar-refractivity contribution is 0.104. The summed E-state index contributed by atoms with van der Waals surface area (Å²) in [5.41, 5.74) is 1.62. The summed E-state index contributed by atoms with van der Waals surface area (Å²) in [5.74, 6) is 0.0301. The Morgan fingerprint density at radius 2 is 2.27 bits per heavy atom. The molecule has 0 aliphatic heterocycles. The molecule has 0 aromatic carbocycles. The van der Waals surface area contributed by atoms with Crippen LogP contribution in [0.2, 0.25) is 0 Å². The van der Waals surface area contributed by atoms with Gasteiger partial charge in [-0.3, -0.25) is 9.78 Å². The number of rotatable bonds is 2. The normalized spacial score (nSPS) is 10.3. The van der Waals surface area contributed by atoms with Crippen LogP contribution in [0.3, 0.4) is 0 Å². The van der Waals surface area contributed by atoms with E-state index in [-0.39, 0.29) is 5.78 Å². The zero-order chi connectivity index (χ0) is 10.8. The van der Waals surface area contributed by atoms with E-state index in [0.29, 0.717) is 5.56 Å². The van der Waals surface area contributed by atoms with Crippen molar-refractivity contribution in [1.29, 1.82) is 0 Å². The smallest absolute Gasteiger partial charge is 0.205 e. The zero-order valence-electron chi connectivity index (χ0n) is 8.03. The van der Waals surface area contributed by atoms with Crippen LogP contribution in [0.5, 0.6) is 0 Å². The van der Waals surface area contributed by atoms with E-state index in [9.17, 15) is 4.79 Å². The summed E-state index contributed by atoms with van der Waals surface area (Å²) < 4.78 is 0.848. The Bertz CT molecular complexity index is 507. The molecule has 0 unspecified atom stereocenters. The monoisotopic (exact) mass is 281 g/mol. The average Bonchev–Trinajstić information content (AvgIpc) is 2.64. The molecule has 0 bridgehead atoms. The summed E-state index contributed by atoms with van der Waals surface area (Å²) in [6, 6.07) is 3.72. The average molecular weight is 282 g/mol. The van der Waals surface area contributed by atoms with Gasteiger partial charge in [0.2, 0.25) is 5.78 Å². The van der Waals surface area contributed by atoms with Crippen LogP contribution in [0.4, 0.5) is 0 Å². The summed E-state index contributed by atoms with van der Waals surface area (Å²) in [6.07, 6.45) is 3.30. The highest BCUT2D eigenvalue weighted by molar-refractivity contribution is 9.10. The maximum absolute atomic E-state index is 12.1. The molecule has 76 valence electrons. The lowest BCUT2D eigenvalue weighted by Gasteiger charge is -2.02. The molecule has 0 N–H and O–H groups in total. The van der Waals surface area contributed by atoms with Crippen molar-refractivity contribution >= 4 is 33.0 Å². The van der Waals surface area contributed by atoms with E-state index < -0.39 is 0 Å². The quantitative estimate of drug-likeness (QED) is 0.790. The van der Waals surface area contributed by atoms with Gasteiger partial charge in [-0.1, -0.05) is 0 Å². The third kappa shape index (κ3) is 2.01. The van der Waals surface area contributed by atoms with Crippen LogP contribution < -0.4 is 0 Å². The lowest BCUT2D eigenvalue weighted by Crippen LogP contribution is -2.02. The largest absolute Gasteiger partial charge is 0.288 e. The number of thiophene rings is 1. The van der Waals surface area contributed by atoms with Gasteiger partial charge in [0.1, 0.15) is 0 Å². The summed E-state index contributed by atoms with van der Waals surface area (Å²) in [5, 5.41) is 1.89. The van der Waals surface area contributed by atoms with Crippen LogP contribution in [0, 0.1) is 6.92 Å².